The van der Waals surface area contributed by atoms with Gasteiger partial charge in [0.2, 0.25) is 5.91 Å². The van der Waals surface area contributed by atoms with Gasteiger partial charge in [-0.3, -0.25) is 4.79 Å². The van der Waals surface area contributed by atoms with Gasteiger partial charge in [0.15, 0.2) is 0 Å². The van der Waals surface area contributed by atoms with Crippen molar-refractivity contribution in [3.8, 4) is 0 Å². The average molecular weight is 399 g/mol. The zero-order valence-electron chi connectivity index (χ0n) is 17.3. The van der Waals surface area contributed by atoms with E-state index in [0.717, 1.165) is 33.2 Å². The number of carboxylic acid groups (broad SMARTS) is 1. The summed E-state index contributed by atoms with van der Waals surface area (Å²) in [5, 5.41) is 13.3. The third-order valence-electron chi connectivity index (χ3n) is 5.59. The molecule has 0 radical (unpaired) electrons. The maximum Gasteiger partial charge on any atom is 0.339 e. The molecule has 0 saturated carbocycles. The molecule has 2 aromatic heterocycles. The molecule has 29 heavy (non-hydrogen) atoms. The van der Waals surface area contributed by atoms with Crippen LogP contribution >= 0.6 is 0 Å². The minimum Gasteiger partial charge on any atom is -0.480 e. The number of benzene rings is 1. The molecule has 3 aromatic rings. The average Bonchev–Trinajstić information content (AvgIpc) is 2.95. The van der Waals surface area contributed by atoms with Gasteiger partial charge in [0.25, 0.3) is 0 Å². The number of aryl methyl sites for hydroxylation is 4. The summed E-state index contributed by atoms with van der Waals surface area (Å²) >= 11 is 0. The van der Waals surface area contributed by atoms with Crippen LogP contribution in [-0.2, 0) is 16.0 Å². The Kier molecular flexibility index (Phi) is 5.50. The van der Waals surface area contributed by atoms with Crippen molar-refractivity contribution in [2.75, 3.05) is 0 Å². The number of amides is 1. The van der Waals surface area contributed by atoms with E-state index >= 15 is 0 Å². The lowest BCUT2D eigenvalue weighted by molar-refractivity contribution is -0.141. The van der Waals surface area contributed by atoms with Gasteiger partial charge in [-0.2, -0.15) is 0 Å². The molecule has 0 aliphatic carbocycles. The van der Waals surface area contributed by atoms with E-state index in [4.69, 9.17) is 13.9 Å². The number of carbonyl (C=O) groups is 2. The maximum absolute atomic E-state index is 12.6. The molecule has 0 saturated heterocycles. The quantitative estimate of drug-likeness (QED) is 0.612. The number of carbonyl (C=O) groups excluding carboxylic acids is 1. The lowest BCUT2D eigenvalue weighted by Gasteiger charge is -2.13. The fourth-order valence-corrected chi connectivity index (χ4v) is 3.62. The SMILES string of the molecule is CC[C@@H](NC(=O)CCc1c(C)c2cc3c(C)c(C)oc3c(C)c2oc1=O)C(=O)O. The molecule has 0 fully saturated rings. The second-order valence-corrected chi connectivity index (χ2v) is 7.40. The minimum atomic E-state index is -1.08. The van der Waals surface area contributed by atoms with Crippen molar-refractivity contribution in [2.45, 2.75) is 59.9 Å². The molecule has 0 spiro atoms. The Bertz CT molecular complexity index is 1180. The van der Waals surface area contributed by atoms with Crippen LogP contribution in [0.15, 0.2) is 19.7 Å². The van der Waals surface area contributed by atoms with Crippen molar-refractivity contribution in [2.24, 2.45) is 0 Å². The molecule has 0 aliphatic rings. The Labute approximate surface area is 167 Å². The Morgan fingerprint density at radius 3 is 2.28 bits per heavy atom. The first-order valence-electron chi connectivity index (χ1n) is 9.63. The molecule has 1 atom stereocenters. The minimum absolute atomic E-state index is 0.00591. The first-order chi connectivity index (χ1) is 13.6. The highest BCUT2D eigenvalue weighted by molar-refractivity contribution is 6.00. The molecule has 0 unspecified atom stereocenters. The molecule has 1 amide bonds. The highest BCUT2D eigenvalue weighted by atomic mass is 16.4. The van der Waals surface area contributed by atoms with Crippen LogP contribution in [-0.4, -0.2) is 23.0 Å². The molecule has 0 bridgehead atoms. The van der Waals surface area contributed by atoms with E-state index in [0.29, 0.717) is 16.7 Å². The molecule has 0 aliphatic heterocycles. The number of furan rings is 1. The molecular weight excluding hydrogens is 374 g/mol. The number of aliphatic carboxylic acids is 1. The summed E-state index contributed by atoms with van der Waals surface area (Å²) in [6.45, 7) is 9.27. The first kappa shape index (κ1) is 20.6. The summed E-state index contributed by atoms with van der Waals surface area (Å²) in [6, 6.07) is 1.03. The Hall–Kier alpha value is -3.09. The molecule has 3 rings (SSSR count). The number of hydrogen-bond acceptors (Lipinski definition) is 5. The zero-order valence-corrected chi connectivity index (χ0v) is 17.3. The van der Waals surface area contributed by atoms with Crippen molar-refractivity contribution in [1.29, 1.82) is 0 Å². The monoisotopic (exact) mass is 399 g/mol. The van der Waals surface area contributed by atoms with Crippen molar-refractivity contribution in [3.63, 3.8) is 0 Å². The van der Waals surface area contributed by atoms with Crippen molar-refractivity contribution < 1.29 is 23.5 Å². The van der Waals surface area contributed by atoms with Crippen molar-refractivity contribution >= 4 is 33.8 Å². The van der Waals surface area contributed by atoms with Crippen LogP contribution in [0.2, 0.25) is 0 Å². The summed E-state index contributed by atoms with van der Waals surface area (Å²) in [5.74, 6) is -0.669. The van der Waals surface area contributed by atoms with E-state index in [-0.39, 0.29) is 19.3 Å². The van der Waals surface area contributed by atoms with E-state index in [2.05, 4.69) is 5.32 Å². The molecule has 1 aromatic carbocycles. The first-order valence-corrected chi connectivity index (χ1v) is 9.63. The van der Waals surface area contributed by atoms with Crippen LogP contribution in [0.25, 0.3) is 21.9 Å². The van der Waals surface area contributed by atoms with Crippen LogP contribution < -0.4 is 10.9 Å². The van der Waals surface area contributed by atoms with E-state index in [9.17, 15) is 14.4 Å². The van der Waals surface area contributed by atoms with E-state index in [1.54, 1.807) is 6.92 Å². The summed E-state index contributed by atoms with van der Waals surface area (Å²) in [7, 11) is 0. The molecule has 7 heteroatoms. The van der Waals surface area contributed by atoms with Gasteiger partial charge in [0.1, 0.15) is 23.0 Å². The molecule has 154 valence electrons. The highest BCUT2D eigenvalue weighted by Crippen LogP contribution is 2.34. The van der Waals surface area contributed by atoms with Crippen molar-refractivity contribution in [1.82, 2.24) is 5.32 Å². The third-order valence-corrected chi connectivity index (χ3v) is 5.59. The van der Waals surface area contributed by atoms with Crippen molar-refractivity contribution in [3.05, 3.63) is 44.5 Å². The van der Waals surface area contributed by atoms with Crippen LogP contribution in [0.3, 0.4) is 0 Å². The lowest BCUT2D eigenvalue weighted by atomic mass is 9.98. The van der Waals surface area contributed by atoms with Crippen LogP contribution in [0.4, 0.5) is 0 Å². The van der Waals surface area contributed by atoms with E-state index < -0.39 is 23.5 Å². The number of nitrogens with one attached hydrogen (secondary N) is 1. The molecule has 7 nitrogen and oxygen atoms in total. The largest absolute Gasteiger partial charge is 0.480 e. The summed E-state index contributed by atoms with van der Waals surface area (Å²) < 4.78 is 11.4. The highest BCUT2D eigenvalue weighted by Gasteiger charge is 2.21. The van der Waals surface area contributed by atoms with E-state index in [1.807, 2.05) is 33.8 Å². The van der Waals surface area contributed by atoms with Crippen LogP contribution in [0, 0.1) is 27.7 Å². The second-order valence-electron chi connectivity index (χ2n) is 7.40. The predicted octanol–water partition coefficient (Wildman–Crippen LogP) is 3.68. The van der Waals surface area contributed by atoms with Crippen LogP contribution in [0.1, 0.15) is 47.8 Å². The number of rotatable bonds is 6. The third kappa shape index (κ3) is 3.64. The van der Waals surface area contributed by atoms with Gasteiger partial charge >= 0.3 is 11.6 Å². The Morgan fingerprint density at radius 1 is 1.03 bits per heavy atom. The van der Waals surface area contributed by atoms with Gasteiger partial charge < -0.3 is 19.3 Å². The van der Waals surface area contributed by atoms with Gasteiger partial charge in [0.05, 0.1) is 0 Å². The molecule has 2 heterocycles. The fraction of sp³-hybridized carbons (Fsp3) is 0.409. The summed E-state index contributed by atoms with van der Waals surface area (Å²) in [4.78, 5) is 35.8. The number of fused-ring (bicyclic) bond motifs is 2. The van der Waals surface area contributed by atoms with Gasteiger partial charge in [-0.1, -0.05) is 6.92 Å². The van der Waals surface area contributed by atoms with Gasteiger partial charge in [-0.15, -0.1) is 0 Å². The molecule has 2 N–H and O–H groups in total. The Balaban J connectivity index is 1.98. The fourth-order valence-electron chi connectivity index (χ4n) is 3.62. The van der Waals surface area contributed by atoms with Gasteiger partial charge in [-0.25, -0.2) is 9.59 Å². The Morgan fingerprint density at radius 2 is 1.66 bits per heavy atom. The number of hydrogen-bond donors (Lipinski definition) is 2. The number of carboxylic acids is 1. The van der Waals surface area contributed by atoms with Gasteiger partial charge in [-0.05, 0) is 57.7 Å². The lowest BCUT2D eigenvalue weighted by Crippen LogP contribution is -2.40. The normalized spacial score (nSPS) is 12.4. The summed E-state index contributed by atoms with van der Waals surface area (Å²) in [5.41, 5.74) is 3.70. The zero-order chi connectivity index (χ0) is 21.5. The summed E-state index contributed by atoms with van der Waals surface area (Å²) in [6.07, 6.45) is 0.468. The topological polar surface area (TPSA) is 110 Å². The maximum atomic E-state index is 12.6. The molecular formula is C22H25NO6. The standard InChI is InChI=1S/C22H25NO6/c1-6-17(21(25)26)23-18(24)8-7-14-11(3)16-9-15-10(2)13(5)28-19(15)12(4)20(16)29-22(14)27/h9,17H,6-8H2,1-5H3,(H,23,24)(H,25,26)/t17-/m1/s1. The second kappa shape index (κ2) is 7.73. The smallest absolute Gasteiger partial charge is 0.339 e. The van der Waals surface area contributed by atoms with Crippen LogP contribution in [0.5, 0.6) is 0 Å². The van der Waals surface area contributed by atoms with E-state index in [1.165, 1.54) is 0 Å². The predicted molar refractivity (Wildman–Crippen MR) is 109 cm³/mol. The van der Waals surface area contributed by atoms with Gasteiger partial charge in [0, 0.05) is 28.3 Å².